The molecule has 0 saturated heterocycles. The fourth-order valence-electron chi connectivity index (χ4n) is 2.15. The van der Waals surface area contributed by atoms with Crippen LogP contribution < -0.4 is 0 Å². The Labute approximate surface area is 134 Å². The summed E-state index contributed by atoms with van der Waals surface area (Å²) in [7, 11) is 0. The van der Waals surface area contributed by atoms with Crippen LogP contribution in [0.15, 0.2) is 30.6 Å². The van der Waals surface area contributed by atoms with Gasteiger partial charge in [0, 0.05) is 24.9 Å². The summed E-state index contributed by atoms with van der Waals surface area (Å²) in [6.45, 7) is 7.20. The number of imidazole rings is 1. The van der Waals surface area contributed by atoms with Crippen molar-refractivity contribution < 1.29 is 14.5 Å². The Balaban J connectivity index is 2.53. The first-order valence-corrected chi connectivity index (χ1v) is 7.27. The number of aryl methyl sites for hydroxylation is 1. The summed E-state index contributed by atoms with van der Waals surface area (Å²) >= 11 is 0. The van der Waals surface area contributed by atoms with E-state index in [1.165, 1.54) is 18.2 Å². The molecule has 0 aliphatic rings. The van der Waals surface area contributed by atoms with Crippen LogP contribution in [-0.4, -0.2) is 26.0 Å². The third kappa shape index (κ3) is 3.74. The minimum atomic E-state index is -0.636. The molecule has 0 unspecified atom stereocenters. The van der Waals surface area contributed by atoms with E-state index in [2.05, 4.69) is 4.98 Å². The molecule has 0 amide bonds. The largest absolute Gasteiger partial charge is 0.456 e. The lowest BCUT2D eigenvalue weighted by atomic mass is 10.1. The molecule has 2 rings (SSSR count). The first-order chi connectivity index (χ1) is 10.7. The number of nitrogens with zero attached hydrogens (tertiary/aromatic N) is 3. The summed E-state index contributed by atoms with van der Waals surface area (Å²) < 4.78 is 6.94. The van der Waals surface area contributed by atoms with Gasteiger partial charge in [-0.2, -0.15) is 0 Å². The number of rotatable bonds is 4. The zero-order valence-electron chi connectivity index (χ0n) is 13.6. The molecule has 7 heteroatoms. The standard InChI is InChI=1S/C16H19N3O4/c1-5-14-17-8-9-18(14)13-10-11(6-7-12(13)19(21)22)15(20)23-16(2,3)4/h6-10H,5H2,1-4H3. The lowest BCUT2D eigenvalue weighted by Crippen LogP contribution is -2.24. The summed E-state index contributed by atoms with van der Waals surface area (Å²) in [5.74, 6) is 0.154. The molecular formula is C16H19N3O4. The van der Waals surface area contributed by atoms with Crippen molar-refractivity contribution in [2.24, 2.45) is 0 Å². The van der Waals surface area contributed by atoms with E-state index < -0.39 is 16.5 Å². The second-order valence-electron chi connectivity index (χ2n) is 6.03. The van der Waals surface area contributed by atoms with Gasteiger partial charge in [-0.15, -0.1) is 0 Å². The minimum absolute atomic E-state index is 0.0926. The Morgan fingerprint density at radius 3 is 2.65 bits per heavy atom. The Bertz CT molecular complexity index is 744. The van der Waals surface area contributed by atoms with Gasteiger partial charge in [0.05, 0.1) is 10.5 Å². The molecule has 1 aromatic heterocycles. The predicted octanol–water partition coefficient (Wildman–Crippen LogP) is 3.30. The van der Waals surface area contributed by atoms with E-state index in [0.29, 0.717) is 17.9 Å². The number of esters is 1. The van der Waals surface area contributed by atoms with Crippen LogP contribution in [0.25, 0.3) is 5.69 Å². The lowest BCUT2D eigenvalue weighted by Gasteiger charge is -2.19. The SMILES string of the molecule is CCc1nccn1-c1cc(C(=O)OC(C)(C)C)ccc1[N+](=O)[O-]. The van der Waals surface area contributed by atoms with E-state index in [1.54, 1.807) is 37.7 Å². The molecule has 0 fully saturated rings. The zero-order chi connectivity index (χ0) is 17.2. The van der Waals surface area contributed by atoms with Crippen molar-refractivity contribution in [2.75, 3.05) is 0 Å². The van der Waals surface area contributed by atoms with Crippen LogP contribution in [0.4, 0.5) is 5.69 Å². The normalized spacial score (nSPS) is 11.3. The molecule has 0 aliphatic carbocycles. The highest BCUT2D eigenvalue weighted by Crippen LogP contribution is 2.26. The van der Waals surface area contributed by atoms with Crippen LogP contribution >= 0.6 is 0 Å². The molecule has 0 bridgehead atoms. The number of benzene rings is 1. The van der Waals surface area contributed by atoms with Gasteiger partial charge in [-0.05, 0) is 32.9 Å². The van der Waals surface area contributed by atoms with E-state index in [1.807, 2.05) is 6.92 Å². The van der Waals surface area contributed by atoms with E-state index in [0.717, 1.165) is 0 Å². The van der Waals surface area contributed by atoms with Gasteiger partial charge in [0.2, 0.25) is 0 Å². The lowest BCUT2D eigenvalue weighted by molar-refractivity contribution is -0.384. The highest BCUT2D eigenvalue weighted by atomic mass is 16.6. The monoisotopic (exact) mass is 317 g/mol. The maximum absolute atomic E-state index is 12.2. The van der Waals surface area contributed by atoms with Gasteiger partial charge in [0.1, 0.15) is 17.1 Å². The Hall–Kier alpha value is -2.70. The highest BCUT2D eigenvalue weighted by molar-refractivity contribution is 5.91. The van der Waals surface area contributed by atoms with E-state index in [-0.39, 0.29) is 11.3 Å². The van der Waals surface area contributed by atoms with Crippen molar-refractivity contribution in [3.8, 4) is 5.69 Å². The highest BCUT2D eigenvalue weighted by Gasteiger charge is 2.23. The molecule has 0 atom stereocenters. The van der Waals surface area contributed by atoms with Crippen molar-refractivity contribution in [2.45, 2.75) is 39.7 Å². The predicted molar refractivity (Wildman–Crippen MR) is 84.8 cm³/mol. The van der Waals surface area contributed by atoms with Crippen molar-refractivity contribution in [1.82, 2.24) is 9.55 Å². The quantitative estimate of drug-likeness (QED) is 0.490. The molecule has 0 spiro atoms. The Kier molecular flexibility index (Phi) is 4.49. The van der Waals surface area contributed by atoms with Gasteiger partial charge in [0.25, 0.3) is 5.69 Å². The summed E-state index contributed by atoms with van der Waals surface area (Å²) in [5.41, 5.74) is -0.170. The first kappa shape index (κ1) is 16.7. The summed E-state index contributed by atoms with van der Waals surface area (Å²) in [4.78, 5) is 27.2. The number of hydrogen-bond acceptors (Lipinski definition) is 5. The van der Waals surface area contributed by atoms with Gasteiger partial charge < -0.3 is 4.74 Å². The number of aromatic nitrogens is 2. The van der Waals surface area contributed by atoms with Crippen molar-refractivity contribution in [3.05, 3.63) is 52.1 Å². The summed E-state index contributed by atoms with van der Waals surface area (Å²) in [6, 6.07) is 4.18. The van der Waals surface area contributed by atoms with Crippen molar-refractivity contribution in [1.29, 1.82) is 0 Å². The Morgan fingerprint density at radius 2 is 2.09 bits per heavy atom. The van der Waals surface area contributed by atoms with Gasteiger partial charge in [-0.3, -0.25) is 14.7 Å². The summed E-state index contributed by atoms with van der Waals surface area (Å²) in [6.07, 6.45) is 3.82. The molecule has 122 valence electrons. The van der Waals surface area contributed by atoms with Crippen LogP contribution in [0.3, 0.4) is 0 Å². The van der Waals surface area contributed by atoms with Crippen LogP contribution in [0, 0.1) is 10.1 Å². The fourth-order valence-corrected chi connectivity index (χ4v) is 2.15. The smallest absolute Gasteiger partial charge is 0.338 e. The molecule has 2 aromatic rings. The van der Waals surface area contributed by atoms with Crippen LogP contribution in [-0.2, 0) is 11.2 Å². The average molecular weight is 317 g/mol. The number of nitro groups is 1. The molecule has 7 nitrogen and oxygen atoms in total. The second kappa shape index (κ2) is 6.20. The van der Waals surface area contributed by atoms with Gasteiger partial charge in [0.15, 0.2) is 0 Å². The first-order valence-electron chi connectivity index (χ1n) is 7.27. The summed E-state index contributed by atoms with van der Waals surface area (Å²) in [5, 5.41) is 11.3. The number of hydrogen-bond donors (Lipinski definition) is 0. The molecule has 1 aromatic carbocycles. The maximum atomic E-state index is 12.2. The third-order valence-corrected chi connectivity index (χ3v) is 3.10. The van der Waals surface area contributed by atoms with Crippen molar-refractivity contribution >= 4 is 11.7 Å². The minimum Gasteiger partial charge on any atom is -0.456 e. The molecule has 0 N–H and O–H groups in total. The average Bonchev–Trinajstić information content (AvgIpc) is 2.93. The van der Waals surface area contributed by atoms with Gasteiger partial charge in [-0.25, -0.2) is 9.78 Å². The molecule has 0 radical (unpaired) electrons. The number of nitro benzene ring substituents is 1. The molecular weight excluding hydrogens is 298 g/mol. The van der Waals surface area contributed by atoms with Crippen molar-refractivity contribution in [3.63, 3.8) is 0 Å². The molecule has 1 heterocycles. The van der Waals surface area contributed by atoms with Gasteiger partial charge in [-0.1, -0.05) is 6.92 Å². The van der Waals surface area contributed by atoms with E-state index >= 15 is 0 Å². The number of carbonyl (C=O) groups is 1. The van der Waals surface area contributed by atoms with Crippen LogP contribution in [0.1, 0.15) is 43.9 Å². The topological polar surface area (TPSA) is 87.3 Å². The second-order valence-corrected chi connectivity index (χ2v) is 6.03. The maximum Gasteiger partial charge on any atom is 0.338 e. The van der Waals surface area contributed by atoms with Crippen LogP contribution in [0.5, 0.6) is 0 Å². The molecule has 23 heavy (non-hydrogen) atoms. The van der Waals surface area contributed by atoms with E-state index in [9.17, 15) is 14.9 Å². The zero-order valence-corrected chi connectivity index (χ0v) is 13.6. The van der Waals surface area contributed by atoms with E-state index in [4.69, 9.17) is 4.74 Å². The van der Waals surface area contributed by atoms with Gasteiger partial charge >= 0.3 is 5.97 Å². The fraction of sp³-hybridized carbons (Fsp3) is 0.375. The number of carbonyl (C=O) groups excluding carboxylic acids is 1. The number of ether oxygens (including phenoxy) is 1. The third-order valence-electron chi connectivity index (χ3n) is 3.10. The Morgan fingerprint density at radius 1 is 1.39 bits per heavy atom. The molecule has 0 saturated carbocycles. The van der Waals surface area contributed by atoms with Crippen LogP contribution in [0.2, 0.25) is 0 Å². The molecule has 0 aliphatic heterocycles.